The number of amides is 1. The highest BCUT2D eigenvalue weighted by atomic mass is 31.2. The number of allylic oxidation sites excluding steroid dienone is 7. The molecule has 3 atom stereocenters. The van der Waals surface area contributed by atoms with Crippen molar-refractivity contribution in [2.45, 2.75) is 276 Å². The number of hydrogen-bond donors (Lipinski definition) is 3. The van der Waals surface area contributed by atoms with Gasteiger partial charge < -0.3 is 19.8 Å². The van der Waals surface area contributed by atoms with Crippen LogP contribution in [-0.4, -0.2) is 73.4 Å². The number of nitrogens with zero attached hydrogens (tertiary/aromatic N) is 1. The van der Waals surface area contributed by atoms with Gasteiger partial charge in [0.15, 0.2) is 0 Å². The standard InChI is InChI=1S/C58H111N2O6P/c1-6-8-10-12-14-16-18-20-21-22-23-24-25-26-27-28-29-30-31-32-33-34-35-36-37-38-40-41-43-45-47-49-51-57(61)56(55-66-67(63,64)65-54-53-60(3,4)5)59-58(62)52-50-48-46-44-42-39-19-17-15-13-11-9-7-2/h9,11,15,17,39,42,49,51,56-57,61H,6-8,10,12-14,16,18-38,40-41,43-48,50,52-55H2,1-5H3,(H-,59,62,63,64)/p+1/b11-9-,17-15-,42-39-,51-49+. The highest BCUT2D eigenvalue weighted by molar-refractivity contribution is 7.47. The highest BCUT2D eigenvalue weighted by Gasteiger charge is 2.27. The van der Waals surface area contributed by atoms with Gasteiger partial charge in [0.05, 0.1) is 39.9 Å². The minimum Gasteiger partial charge on any atom is -0.387 e. The molecule has 0 spiro atoms. The normalized spacial score (nSPS) is 14.3. The molecule has 9 heteroatoms. The summed E-state index contributed by atoms with van der Waals surface area (Å²) in [7, 11) is 1.55. The first-order valence-electron chi connectivity index (χ1n) is 28.5. The predicted molar refractivity (Wildman–Crippen MR) is 291 cm³/mol. The van der Waals surface area contributed by atoms with Crippen molar-refractivity contribution in [2.24, 2.45) is 0 Å². The zero-order chi connectivity index (χ0) is 49.2. The third kappa shape index (κ3) is 52.1. The molecule has 0 saturated carbocycles. The fourth-order valence-corrected chi connectivity index (χ4v) is 9.09. The largest absolute Gasteiger partial charge is 0.472 e. The summed E-state index contributed by atoms with van der Waals surface area (Å²) in [5.41, 5.74) is 0. The molecule has 0 heterocycles. The van der Waals surface area contributed by atoms with E-state index in [-0.39, 0.29) is 19.1 Å². The molecule has 0 aromatic rings. The molecule has 3 N–H and O–H groups in total. The number of carbonyl (C=O) groups is 1. The molecule has 0 aromatic carbocycles. The van der Waals surface area contributed by atoms with Crippen LogP contribution in [0.2, 0.25) is 0 Å². The van der Waals surface area contributed by atoms with E-state index in [0.717, 1.165) is 64.2 Å². The number of aliphatic hydroxyl groups excluding tert-OH is 1. The number of phosphoric ester groups is 1. The van der Waals surface area contributed by atoms with E-state index in [1.165, 1.54) is 180 Å². The van der Waals surface area contributed by atoms with Crippen molar-refractivity contribution in [3.05, 3.63) is 48.6 Å². The molecule has 0 saturated heterocycles. The maximum atomic E-state index is 12.9. The number of quaternary nitrogens is 1. The van der Waals surface area contributed by atoms with Crippen LogP contribution in [-0.2, 0) is 18.4 Å². The first-order valence-corrected chi connectivity index (χ1v) is 30.0. The number of aliphatic hydroxyl groups is 1. The summed E-state index contributed by atoms with van der Waals surface area (Å²) in [6.45, 7) is 4.69. The number of nitrogens with one attached hydrogen (secondary N) is 1. The topological polar surface area (TPSA) is 105 Å². The van der Waals surface area contributed by atoms with Crippen molar-refractivity contribution in [3.8, 4) is 0 Å². The minimum atomic E-state index is -4.35. The van der Waals surface area contributed by atoms with Crippen molar-refractivity contribution < 1.29 is 32.9 Å². The van der Waals surface area contributed by atoms with E-state index in [2.05, 4.69) is 55.6 Å². The molecule has 394 valence electrons. The van der Waals surface area contributed by atoms with E-state index in [1.54, 1.807) is 6.08 Å². The number of rotatable bonds is 52. The fraction of sp³-hybridized carbons (Fsp3) is 0.845. The first-order chi connectivity index (χ1) is 32.5. The quantitative estimate of drug-likeness (QED) is 0.0243. The zero-order valence-corrected chi connectivity index (χ0v) is 45.8. The Labute approximate surface area is 416 Å². The van der Waals surface area contributed by atoms with E-state index in [4.69, 9.17) is 9.05 Å². The molecular formula is C58H112N2O6P+. The van der Waals surface area contributed by atoms with E-state index >= 15 is 0 Å². The Balaban J connectivity index is 4.07. The van der Waals surface area contributed by atoms with Crippen molar-refractivity contribution in [1.29, 1.82) is 0 Å². The Hall–Kier alpha value is -1.54. The average molecular weight is 965 g/mol. The molecule has 1 amide bonds. The Bertz CT molecular complexity index is 1230. The lowest BCUT2D eigenvalue weighted by atomic mass is 10.0. The van der Waals surface area contributed by atoms with Crippen LogP contribution < -0.4 is 5.32 Å². The molecule has 0 rings (SSSR count). The molecule has 0 aliphatic rings. The monoisotopic (exact) mass is 964 g/mol. The van der Waals surface area contributed by atoms with Crippen LogP contribution >= 0.6 is 7.82 Å². The van der Waals surface area contributed by atoms with Gasteiger partial charge in [-0.1, -0.05) is 255 Å². The van der Waals surface area contributed by atoms with Crippen LogP contribution in [0.5, 0.6) is 0 Å². The molecule has 0 fully saturated rings. The maximum Gasteiger partial charge on any atom is 0.472 e. The smallest absolute Gasteiger partial charge is 0.387 e. The number of unbranched alkanes of at least 4 members (excludes halogenated alkanes) is 33. The molecule has 0 aliphatic carbocycles. The Morgan fingerprint density at radius 1 is 0.522 bits per heavy atom. The van der Waals surface area contributed by atoms with Crippen LogP contribution in [0, 0.1) is 0 Å². The van der Waals surface area contributed by atoms with Crippen molar-refractivity contribution in [2.75, 3.05) is 40.9 Å². The molecule has 0 radical (unpaired) electrons. The van der Waals surface area contributed by atoms with Gasteiger partial charge in [0, 0.05) is 6.42 Å². The third-order valence-corrected chi connectivity index (χ3v) is 13.8. The van der Waals surface area contributed by atoms with Crippen LogP contribution in [0.1, 0.15) is 264 Å². The zero-order valence-electron chi connectivity index (χ0n) is 44.9. The lowest BCUT2D eigenvalue weighted by Crippen LogP contribution is -2.45. The maximum absolute atomic E-state index is 12.9. The summed E-state index contributed by atoms with van der Waals surface area (Å²) in [6, 6.07) is -0.863. The van der Waals surface area contributed by atoms with Gasteiger partial charge in [-0.25, -0.2) is 4.57 Å². The van der Waals surface area contributed by atoms with Crippen LogP contribution in [0.15, 0.2) is 48.6 Å². The number of phosphoric acid groups is 1. The molecule has 0 bridgehead atoms. The lowest BCUT2D eigenvalue weighted by molar-refractivity contribution is -0.870. The summed E-state index contributed by atoms with van der Waals surface area (Å²) in [5, 5.41) is 13.9. The SMILES string of the molecule is CC/C=C\C/C=C\C/C=C\CCCCCC(=O)NC(COP(=O)(O)OCC[N+](C)(C)C)C(O)/C=C/CCCCCCCCCCCCCCCCCCCCCCCCCCCCCCCC. The second kappa shape index (κ2) is 49.4. The van der Waals surface area contributed by atoms with E-state index in [9.17, 15) is 19.4 Å². The minimum absolute atomic E-state index is 0.0546. The molecular weight excluding hydrogens is 852 g/mol. The first kappa shape index (κ1) is 65.5. The van der Waals surface area contributed by atoms with Crippen LogP contribution in [0.25, 0.3) is 0 Å². The van der Waals surface area contributed by atoms with Crippen LogP contribution in [0.3, 0.4) is 0 Å². The van der Waals surface area contributed by atoms with E-state index < -0.39 is 20.0 Å². The molecule has 8 nitrogen and oxygen atoms in total. The summed E-state index contributed by atoms with van der Waals surface area (Å²) >= 11 is 0. The van der Waals surface area contributed by atoms with Gasteiger partial charge in [-0.2, -0.15) is 0 Å². The number of hydrogen-bond acceptors (Lipinski definition) is 5. The highest BCUT2D eigenvalue weighted by Crippen LogP contribution is 2.43. The second-order valence-electron chi connectivity index (χ2n) is 20.6. The van der Waals surface area contributed by atoms with Gasteiger partial charge in [0.2, 0.25) is 5.91 Å². The van der Waals surface area contributed by atoms with Crippen LogP contribution in [0.4, 0.5) is 0 Å². The summed E-state index contributed by atoms with van der Waals surface area (Å²) < 4.78 is 23.6. The molecule has 3 unspecified atom stereocenters. The molecule has 67 heavy (non-hydrogen) atoms. The van der Waals surface area contributed by atoms with Gasteiger partial charge in [-0.05, 0) is 51.4 Å². The fourth-order valence-electron chi connectivity index (χ4n) is 8.35. The number of likely N-dealkylation sites (N-methyl/N-ethyl adjacent to an activating group) is 1. The molecule has 0 aromatic heterocycles. The van der Waals surface area contributed by atoms with Gasteiger partial charge in [-0.15, -0.1) is 0 Å². The summed E-state index contributed by atoms with van der Waals surface area (Å²) in [6.07, 6.45) is 65.3. The van der Waals surface area contributed by atoms with Gasteiger partial charge in [0.25, 0.3) is 0 Å². The average Bonchev–Trinajstić information content (AvgIpc) is 3.29. The van der Waals surface area contributed by atoms with E-state index in [0.29, 0.717) is 17.4 Å². The van der Waals surface area contributed by atoms with E-state index in [1.807, 2.05) is 27.2 Å². The third-order valence-electron chi connectivity index (χ3n) is 12.8. The summed E-state index contributed by atoms with van der Waals surface area (Å²) in [5.74, 6) is -0.205. The Morgan fingerprint density at radius 3 is 1.31 bits per heavy atom. The van der Waals surface area contributed by atoms with Crippen molar-refractivity contribution in [3.63, 3.8) is 0 Å². The van der Waals surface area contributed by atoms with Crippen molar-refractivity contribution in [1.82, 2.24) is 5.32 Å². The predicted octanol–water partition coefficient (Wildman–Crippen LogP) is 17.2. The van der Waals surface area contributed by atoms with Gasteiger partial charge in [0.1, 0.15) is 13.2 Å². The Morgan fingerprint density at radius 2 is 0.896 bits per heavy atom. The van der Waals surface area contributed by atoms with Gasteiger partial charge in [-0.3, -0.25) is 13.8 Å². The second-order valence-corrected chi connectivity index (χ2v) is 22.1. The molecule has 0 aliphatic heterocycles. The van der Waals surface area contributed by atoms with Gasteiger partial charge >= 0.3 is 7.82 Å². The number of carbonyl (C=O) groups excluding carboxylic acids is 1. The Kier molecular flexibility index (Phi) is 48.3. The lowest BCUT2D eigenvalue weighted by Gasteiger charge is -2.25. The van der Waals surface area contributed by atoms with Crippen molar-refractivity contribution >= 4 is 13.7 Å². The summed E-state index contributed by atoms with van der Waals surface area (Å²) in [4.78, 5) is 23.2.